The van der Waals surface area contributed by atoms with E-state index >= 15 is 0 Å². The van der Waals surface area contributed by atoms with E-state index in [-0.39, 0.29) is 12.2 Å². The summed E-state index contributed by atoms with van der Waals surface area (Å²) in [4.78, 5) is 10.5. The predicted octanol–water partition coefficient (Wildman–Crippen LogP) is 3.12. The van der Waals surface area contributed by atoms with E-state index in [1.165, 1.54) is 0 Å². The summed E-state index contributed by atoms with van der Waals surface area (Å²) >= 11 is 9.09. The number of carboxylic acid groups (broad SMARTS) is 1. The molecule has 0 aliphatic carbocycles. The molecule has 1 N–H and O–H groups in total. The van der Waals surface area contributed by atoms with Crippen LogP contribution in [0.4, 0.5) is 0 Å². The fourth-order valence-corrected chi connectivity index (χ4v) is 1.33. The molecule has 0 aliphatic rings. The lowest BCUT2D eigenvalue weighted by Crippen LogP contribution is -2.09. The highest BCUT2D eigenvalue weighted by atomic mass is 79.9. The van der Waals surface area contributed by atoms with Crippen LogP contribution >= 0.6 is 27.5 Å². The van der Waals surface area contributed by atoms with Gasteiger partial charge in [0.25, 0.3) is 0 Å². The molecule has 0 atom stereocenters. The van der Waals surface area contributed by atoms with Gasteiger partial charge in [0, 0.05) is 4.47 Å². The summed E-state index contributed by atoms with van der Waals surface area (Å²) in [6, 6.07) is 5.09. The fraction of sp³-hybridized carbons (Fsp3) is 0.100. The maximum atomic E-state index is 10.5. The van der Waals surface area contributed by atoms with Crippen molar-refractivity contribution in [3.8, 4) is 5.75 Å². The van der Waals surface area contributed by atoms with Crippen molar-refractivity contribution in [3.05, 3.63) is 39.8 Å². The maximum Gasteiger partial charge on any atom is 0.334 e. The second kappa shape index (κ2) is 5.19. The van der Waals surface area contributed by atoms with E-state index in [2.05, 4.69) is 22.5 Å². The lowest BCUT2D eigenvalue weighted by molar-refractivity contribution is -0.133. The Morgan fingerprint density at radius 1 is 1.60 bits per heavy atom. The van der Waals surface area contributed by atoms with E-state index < -0.39 is 5.97 Å². The minimum absolute atomic E-state index is 0.0222. The summed E-state index contributed by atoms with van der Waals surface area (Å²) in [7, 11) is 0. The monoisotopic (exact) mass is 290 g/mol. The third-order valence-corrected chi connectivity index (χ3v) is 2.40. The number of benzene rings is 1. The molecule has 0 saturated carbocycles. The molecule has 0 heterocycles. The summed E-state index contributed by atoms with van der Waals surface area (Å²) < 4.78 is 6.01. The third-order valence-electron chi connectivity index (χ3n) is 1.60. The number of hydrogen-bond donors (Lipinski definition) is 1. The molecule has 0 amide bonds. The summed E-state index contributed by atoms with van der Waals surface area (Å²) in [5, 5.41) is 8.99. The van der Waals surface area contributed by atoms with Gasteiger partial charge in [-0.25, -0.2) is 4.79 Å². The second-order valence-corrected chi connectivity index (χ2v) is 4.10. The molecule has 0 radical (unpaired) electrons. The highest BCUT2D eigenvalue weighted by Crippen LogP contribution is 2.28. The zero-order valence-electron chi connectivity index (χ0n) is 7.67. The summed E-state index contributed by atoms with van der Waals surface area (Å²) in [5.41, 5.74) is -0.0222. The number of aliphatic carboxylic acids is 1. The van der Waals surface area contributed by atoms with Crippen molar-refractivity contribution < 1.29 is 14.6 Å². The normalized spacial score (nSPS) is 9.73. The molecule has 0 aliphatic heterocycles. The molecular weight excluding hydrogens is 283 g/mol. The second-order valence-electron chi connectivity index (χ2n) is 2.77. The lowest BCUT2D eigenvalue weighted by Gasteiger charge is -2.07. The summed E-state index contributed by atoms with van der Waals surface area (Å²) in [5.74, 6) is -0.658. The van der Waals surface area contributed by atoms with Crippen LogP contribution in [0.5, 0.6) is 5.75 Å². The van der Waals surface area contributed by atoms with Crippen LogP contribution in [-0.2, 0) is 4.79 Å². The minimum atomic E-state index is -1.08. The average molecular weight is 292 g/mol. The standard InChI is InChI=1S/C10H8BrClO3/c1-6(10(13)14)5-15-9-4-7(11)2-3-8(9)12/h2-4H,1,5H2,(H,13,14). The van der Waals surface area contributed by atoms with E-state index in [9.17, 15) is 4.79 Å². The number of hydrogen-bond acceptors (Lipinski definition) is 2. The predicted molar refractivity (Wildman–Crippen MR) is 61.4 cm³/mol. The molecule has 15 heavy (non-hydrogen) atoms. The van der Waals surface area contributed by atoms with Gasteiger partial charge in [-0.05, 0) is 18.2 Å². The van der Waals surface area contributed by atoms with Crippen LogP contribution in [-0.4, -0.2) is 17.7 Å². The molecule has 80 valence electrons. The van der Waals surface area contributed by atoms with Crippen molar-refractivity contribution in [2.45, 2.75) is 0 Å². The first-order valence-corrected chi connectivity index (χ1v) is 5.16. The zero-order chi connectivity index (χ0) is 11.4. The van der Waals surface area contributed by atoms with Gasteiger partial charge in [-0.15, -0.1) is 0 Å². The number of rotatable bonds is 4. The highest BCUT2D eigenvalue weighted by Gasteiger charge is 2.07. The van der Waals surface area contributed by atoms with Gasteiger partial charge < -0.3 is 9.84 Å². The Balaban J connectivity index is 2.69. The number of ether oxygens (including phenoxy) is 1. The van der Waals surface area contributed by atoms with Gasteiger partial charge in [0.2, 0.25) is 0 Å². The van der Waals surface area contributed by atoms with Crippen molar-refractivity contribution in [2.24, 2.45) is 0 Å². The van der Waals surface area contributed by atoms with Gasteiger partial charge in [-0.2, -0.15) is 0 Å². The van der Waals surface area contributed by atoms with Crippen molar-refractivity contribution in [1.29, 1.82) is 0 Å². The third kappa shape index (κ3) is 3.57. The Bertz CT molecular complexity index is 404. The number of carbonyl (C=O) groups is 1. The van der Waals surface area contributed by atoms with Gasteiger partial charge in [0.1, 0.15) is 12.4 Å². The topological polar surface area (TPSA) is 46.5 Å². The van der Waals surface area contributed by atoms with Crippen LogP contribution < -0.4 is 4.74 Å². The molecular formula is C10H8BrClO3. The number of carboxylic acids is 1. The van der Waals surface area contributed by atoms with E-state index in [0.29, 0.717) is 10.8 Å². The van der Waals surface area contributed by atoms with Crippen LogP contribution in [0.15, 0.2) is 34.8 Å². The van der Waals surface area contributed by atoms with Crippen LogP contribution in [0.25, 0.3) is 0 Å². The van der Waals surface area contributed by atoms with Crippen LogP contribution in [0.3, 0.4) is 0 Å². The molecule has 0 fully saturated rings. The van der Waals surface area contributed by atoms with Gasteiger partial charge in [0.15, 0.2) is 0 Å². The van der Waals surface area contributed by atoms with Crippen molar-refractivity contribution in [2.75, 3.05) is 6.61 Å². The molecule has 0 saturated heterocycles. The zero-order valence-corrected chi connectivity index (χ0v) is 10.0. The van der Waals surface area contributed by atoms with E-state index in [0.717, 1.165) is 4.47 Å². The first-order chi connectivity index (χ1) is 7.00. The molecule has 1 aromatic carbocycles. The van der Waals surface area contributed by atoms with E-state index in [1.54, 1.807) is 18.2 Å². The lowest BCUT2D eigenvalue weighted by atomic mass is 10.3. The Hall–Kier alpha value is -1.00. The summed E-state index contributed by atoms with van der Waals surface area (Å²) in [6.07, 6.45) is 0. The van der Waals surface area contributed by atoms with Gasteiger partial charge in [0.05, 0.1) is 10.6 Å². The minimum Gasteiger partial charge on any atom is -0.487 e. The van der Waals surface area contributed by atoms with E-state index in [4.69, 9.17) is 21.4 Å². The van der Waals surface area contributed by atoms with Crippen molar-refractivity contribution >= 4 is 33.5 Å². The van der Waals surface area contributed by atoms with Crippen LogP contribution in [0.2, 0.25) is 5.02 Å². The van der Waals surface area contributed by atoms with Gasteiger partial charge >= 0.3 is 5.97 Å². The van der Waals surface area contributed by atoms with Crippen LogP contribution in [0, 0.1) is 0 Å². The molecule has 5 heteroatoms. The molecule has 1 rings (SSSR count). The molecule has 1 aromatic rings. The van der Waals surface area contributed by atoms with Crippen molar-refractivity contribution in [3.63, 3.8) is 0 Å². The number of halogens is 2. The molecule has 0 aromatic heterocycles. The first kappa shape index (κ1) is 12.1. The quantitative estimate of drug-likeness (QED) is 0.867. The largest absolute Gasteiger partial charge is 0.487 e. The smallest absolute Gasteiger partial charge is 0.334 e. The van der Waals surface area contributed by atoms with Gasteiger partial charge in [-0.3, -0.25) is 0 Å². The first-order valence-electron chi connectivity index (χ1n) is 3.99. The Morgan fingerprint density at radius 2 is 2.27 bits per heavy atom. The Kier molecular flexibility index (Phi) is 4.17. The highest BCUT2D eigenvalue weighted by molar-refractivity contribution is 9.10. The molecule has 0 unspecified atom stereocenters. The SMILES string of the molecule is C=C(COc1cc(Br)ccc1Cl)C(=O)O. The van der Waals surface area contributed by atoms with Crippen LogP contribution in [0.1, 0.15) is 0 Å². The van der Waals surface area contributed by atoms with Gasteiger partial charge in [-0.1, -0.05) is 34.1 Å². The fourth-order valence-electron chi connectivity index (χ4n) is 0.814. The maximum absolute atomic E-state index is 10.5. The van der Waals surface area contributed by atoms with Crippen molar-refractivity contribution in [1.82, 2.24) is 0 Å². The molecule has 0 bridgehead atoms. The molecule has 0 spiro atoms. The Morgan fingerprint density at radius 3 is 2.87 bits per heavy atom. The van der Waals surface area contributed by atoms with E-state index in [1.807, 2.05) is 0 Å². The Labute approximate surface area is 100 Å². The molecule has 3 nitrogen and oxygen atoms in total. The summed E-state index contributed by atoms with van der Waals surface area (Å²) in [6.45, 7) is 3.25. The average Bonchev–Trinajstić information content (AvgIpc) is 2.18.